The van der Waals surface area contributed by atoms with Gasteiger partial charge in [-0.1, -0.05) is 25.9 Å². The van der Waals surface area contributed by atoms with Crippen molar-refractivity contribution in [2.24, 2.45) is 10.5 Å². The minimum atomic E-state index is -4.48. The molecule has 1 N–H and O–H groups in total. The number of carbonyl (C=O) groups is 1. The molecular weight excluding hydrogens is 311 g/mol. The zero-order valence-electron chi connectivity index (χ0n) is 13.1. The summed E-state index contributed by atoms with van der Waals surface area (Å²) < 4.78 is 37.5. The molecule has 1 atom stereocenters. The Bertz CT molecular complexity index is 700. The average molecular weight is 328 g/mol. The van der Waals surface area contributed by atoms with E-state index in [0.717, 1.165) is 12.3 Å². The van der Waals surface area contributed by atoms with E-state index < -0.39 is 23.1 Å². The first-order valence-corrected chi connectivity index (χ1v) is 6.82. The third-order valence-corrected chi connectivity index (χ3v) is 3.42. The fraction of sp³-hybridized carbons (Fsp3) is 0.400. The number of aromatic nitrogens is 1. The van der Waals surface area contributed by atoms with Crippen LogP contribution in [-0.4, -0.2) is 28.8 Å². The van der Waals surface area contributed by atoms with Crippen LogP contribution < -0.4 is 4.59 Å². The molecule has 0 aliphatic carbocycles. The summed E-state index contributed by atoms with van der Waals surface area (Å²) in [5.41, 5.74) is -0.989. The molecule has 0 aromatic carbocycles. The van der Waals surface area contributed by atoms with Gasteiger partial charge in [0.1, 0.15) is 24.5 Å². The van der Waals surface area contributed by atoms with E-state index in [9.17, 15) is 23.1 Å². The lowest BCUT2D eigenvalue weighted by Crippen LogP contribution is -2.32. The van der Waals surface area contributed by atoms with Gasteiger partial charge < -0.3 is 5.11 Å². The van der Waals surface area contributed by atoms with Crippen molar-refractivity contribution in [3.05, 3.63) is 35.7 Å². The summed E-state index contributed by atoms with van der Waals surface area (Å²) in [6.07, 6.45) is -2.38. The molecule has 0 saturated carbocycles. The maximum atomic E-state index is 12.6. The Morgan fingerprint density at radius 3 is 2.17 bits per heavy atom. The summed E-state index contributed by atoms with van der Waals surface area (Å²) in [6.45, 7) is 5.45. The normalized spacial score (nSPS) is 21.9. The second-order valence-corrected chi connectivity index (χ2v) is 6.48. The van der Waals surface area contributed by atoms with Gasteiger partial charge in [0.2, 0.25) is 0 Å². The van der Waals surface area contributed by atoms with E-state index in [4.69, 9.17) is 0 Å². The first kappa shape index (κ1) is 17.1. The van der Waals surface area contributed by atoms with E-state index in [1.54, 1.807) is 7.05 Å². The summed E-state index contributed by atoms with van der Waals surface area (Å²) in [5.74, 6) is -0.927. The number of carboxylic acid groups (broad SMARTS) is 1. The van der Waals surface area contributed by atoms with Crippen LogP contribution in [0.5, 0.6) is 0 Å². The molecule has 124 valence electrons. The third kappa shape index (κ3) is 3.26. The van der Waals surface area contributed by atoms with Gasteiger partial charge in [-0.25, -0.2) is 9.78 Å². The van der Waals surface area contributed by atoms with Crippen LogP contribution in [0.15, 0.2) is 35.2 Å². The van der Waals surface area contributed by atoms with Gasteiger partial charge >= 0.3 is 12.1 Å². The summed E-state index contributed by atoms with van der Waals surface area (Å²) in [7, 11) is 1.57. The molecule has 0 bridgehead atoms. The van der Waals surface area contributed by atoms with Crippen molar-refractivity contribution in [3.63, 3.8) is 0 Å². The molecule has 0 fully saturated rings. The van der Waals surface area contributed by atoms with Crippen LogP contribution in [0.2, 0.25) is 0 Å². The van der Waals surface area contributed by atoms with Crippen LogP contribution in [0.25, 0.3) is 0 Å². The minimum Gasteiger partial charge on any atom is -0.477 e. The van der Waals surface area contributed by atoms with Crippen LogP contribution in [0, 0.1) is 5.41 Å². The highest BCUT2D eigenvalue weighted by Crippen LogP contribution is 2.35. The third-order valence-electron chi connectivity index (χ3n) is 3.42. The van der Waals surface area contributed by atoms with Gasteiger partial charge in [0, 0.05) is 17.7 Å². The maximum Gasteiger partial charge on any atom is 0.417 e. The molecule has 0 amide bonds. The lowest BCUT2D eigenvalue weighted by atomic mass is 9.86. The molecule has 0 saturated heterocycles. The van der Waals surface area contributed by atoms with Crippen LogP contribution in [0.1, 0.15) is 26.3 Å². The van der Waals surface area contributed by atoms with Gasteiger partial charge in [0.25, 0.3) is 5.82 Å². The molecule has 1 aliphatic rings. The minimum absolute atomic E-state index is 0.0293. The van der Waals surface area contributed by atoms with Crippen molar-refractivity contribution in [3.8, 4) is 0 Å². The Morgan fingerprint density at radius 1 is 1.22 bits per heavy atom. The predicted octanol–water partition coefficient (Wildman–Crippen LogP) is 3.42. The van der Waals surface area contributed by atoms with Crippen molar-refractivity contribution >= 4 is 17.5 Å². The lowest BCUT2D eigenvalue weighted by molar-refractivity contribution is -0.138. The number of alkyl halides is 3. The number of rotatable bonds is 2. The predicted molar refractivity (Wildman–Crippen MR) is 79.6 cm³/mol. The molecule has 0 spiro atoms. The van der Waals surface area contributed by atoms with Gasteiger partial charge in [-0.05, 0) is 6.07 Å². The topological polar surface area (TPSA) is 62.5 Å². The number of aliphatic carboxylic acids is 1. The number of quaternary nitrogens is 1. The quantitative estimate of drug-likeness (QED) is 0.846. The van der Waals surface area contributed by atoms with Crippen LogP contribution in [0.4, 0.5) is 19.0 Å². The zero-order chi connectivity index (χ0) is 17.6. The molecule has 1 aliphatic heterocycles. The molecular formula is C15H17F3N3O2+. The Kier molecular flexibility index (Phi) is 3.84. The average Bonchev–Trinajstić information content (AvgIpc) is 2.78. The molecule has 5 nitrogen and oxygen atoms in total. The zero-order valence-corrected chi connectivity index (χ0v) is 13.1. The van der Waals surface area contributed by atoms with Crippen molar-refractivity contribution in [2.45, 2.75) is 26.9 Å². The Labute approximate surface area is 131 Å². The number of nitrogens with zero attached hydrogens (tertiary/aromatic N) is 3. The maximum absolute atomic E-state index is 12.6. The largest absolute Gasteiger partial charge is 0.477 e. The molecule has 1 unspecified atom stereocenters. The highest BCUT2D eigenvalue weighted by molar-refractivity contribution is 6.22. The molecule has 2 heterocycles. The Hall–Kier alpha value is -2.22. The standard InChI is InChI=1S/C15H16F3N3O2/c1-14(2,3)12-10(13(22)23)8-21(4,20-12)11-6-5-9(7-19-11)15(16,17)18/h5-8H,1-4H3/p+1. The lowest BCUT2D eigenvalue weighted by Gasteiger charge is -2.21. The van der Waals surface area contributed by atoms with Crippen molar-refractivity contribution in [1.29, 1.82) is 0 Å². The van der Waals surface area contributed by atoms with Gasteiger partial charge in [0.15, 0.2) is 0 Å². The first-order chi connectivity index (χ1) is 10.3. The SMILES string of the molecule is CC(C)(C)C1=N[N+](C)(c2ccc(C(F)(F)F)cn2)C=C1C(=O)O. The fourth-order valence-electron chi connectivity index (χ4n) is 2.25. The Balaban J connectivity index is 2.50. The number of pyridine rings is 1. The van der Waals surface area contributed by atoms with E-state index in [2.05, 4.69) is 10.1 Å². The van der Waals surface area contributed by atoms with Crippen LogP contribution in [0.3, 0.4) is 0 Å². The molecule has 2 rings (SSSR count). The molecule has 1 aromatic heterocycles. The molecule has 8 heteroatoms. The smallest absolute Gasteiger partial charge is 0.417 e. The van der Waals surface area contributed by atoms with Crippen molar-refractivity contribution < 1.29 is 23.1 Å². The van der Waals surface area contributed by atoms with E-state index in [1.807, 2.05) is 20.8 Å². The second kappa shape index (κ2) is 5.16. The number of hydrogen-bond donors (Lipinski definition) is 1. The van der Waals surface area contributed by atoms with Gasteiger partial charge in [-0.15, -0.1) is 4.59 Å². The molecule has 1 aromatic rings. The summed E-state index contributed by atoms with van der Waals surface area (Å²) in [4.78, 5) is 15.3. The number of halogens is 3. The monoisotopic (exact) mass is 328 g/mol. The van der Waals surface area contributed by atoms with Gasteiger partial charge in [-0.3, -0.25) is 0 Å². The van der Waals surface area contributed by atoms with Crippen LogP contribution >= 0.6 is 0 Å². The second-order valence-electron chi connectivity index (χ2n) is 6.48. The molecule has 0 radical (unpaired) electrons. The summed E-state index contributed by atoms with van der Waals surface area (Å²) in [5, 5.41) is 13.7. The van der Waals surface area contributed by atoms with Gasteiger partial charge in [-0.2, -0.15) is 13.2 Å². The fourth-order valence-corrected chi connectivity index (χ4v) is 2.25. The Morgan fingerprint density at radius 2 is 1.83 bits per heavy atom. The van der Waals surface area contributed by atoms with E-state index in [-0.39, 0.29) is 16.0 Å². The van der Waals surface area contributed by atoms with Crippen LogP contribution in [-0.2, 0) is 11.0 Å². The highest BCUT2D eigenvalue weighted by atomic mass is 19.4. The highest BCUT2D eigenvalue weighted by Gasteiger charge is 2.42. The first-order valence-electron chi connectivity index (χ1n) is 6.82. The van der Waals surface area contributed by atoms with E-state index >= 15 is 0 Å². The number of carboxylic acids is 1. The van der Waals surface area contributed by atoms with Gasteiger partial charge in [0.05, 0.1) is 5.56 Å². The van der Waals surface area contributed by atoms with Crippen molar-refractivity contribution in [1.82, 2.24) is 9.58 Å². The van der Waals surface area contributed by atoms with Crippen molar-refractivity contribution in [2.75, 3.05) is 7.05 Å². The van der Waals surface area contributed by atoms with E-state index in [0.29, 0.717) is 5.71 Å². The molecule has 23 heavy (non-hydrogen) atoms. The van der Waals surface area contributed by atoms with E-state index in [1.165, 1.54) is 12.3 Å². The summed E-state index contributed by atoms with van der Waals surface area (Å²) >= 11 is 0. The summed E-state index contributed by atoms with van der Waals surface area (Å²) in [6, 6.07) is 2.11. The number of hydrogen-bond acceptors (Lipinski definition) is 3.